The molecule has 0 fully saturated rings. The van der Waals surface area contributed by atoms with Crippen LogP contribution in [0.1, 0.15) is 19.4 Å². The zero-order chi connectivity index (χ0) is 19.8. The molecular formula is C26H22N2O. The van der Waals surface area contributed by atoms with E-state index in [1.807, 2.05) is 6.21 Å². The number of hydrogen-bond donors (Lipinski definition) is 0. The van der Waals surface area contributed by atoms with Crippen molar-refractivity contribution in [3.05, 3.63) is 78.4 Å². The fourth-order valence-electron chi connectivity index (χ4n) is 5.19. The molecule has 4 aromatic carbocycles. The van der Waals surface area contributed by atoms with Gasteiger partial charge in [0.25, 0.3) is 0 Å². The molecule has 2 heterocycles. The van der Waals surface area contributed by atoms with Crippen LogP contribution in [0.2, 0.25) is 0 Å². The number of likely N-dealkylation sites (N-methyl/N-ethyl adjacent to an activating group) is 1. The van der Waals surface area contributed by atoms with Gasteiger partial charge in [0.1, 0.15) is 5.69 Å². The summed E-state index contributed by atoms with van der Waals surface area (Å²) in [5.74, 6) is 0.870. The quantitative estimate of drug-likeness (QED) is 0.340. The maximum atomic E-state index is 6.99. The van der Waals surface area contributed by atoms with E-state index >= 15 is 0 Å². The van der Waals surface area contributed by atoms with Crippen LogP contribution < -0.4 is 9.64 Å². The summed E-state index contributed by atoms with van der Waals surface area (Å²) in [5.41, 5.74) is 2.46. The highest BCUT2D eigenvalue weighted by molar-refractivity contribution is 6.17. The lowest BCUT2D eigenvalue weighted by molar-refractivity contribution is 0.0844. The van der Waals surface area contributed by atoms with E-state index in [0.29, 0.717) is 0 Å². The highest BCUT2D eigenvalue weighted by Gasteiger charge is 2.58. The Morgan fingerprint density at radius 3 is 2.07 bits per heavy atom. The van der Waals surface area contributed by atoms with E-state index < -0.39 is 5.72 Å². The first kappa shape index (κ1) is 16.6. The highest BCUT2D eigenvalue weighted by atomic mass is 16.5. The summed E-state index contributed by atoms with van der Waals surface area (Å²) in [6.07, 6.45) is 2.01. The Morgan fingerprint density at radius 1 is 0.759 bits per heavy atom. The smallest absolute Gasteiger partial charge is 0.228 e. The third-order valence-electron chi connectivity index (χ3n) is 6.82. The van der Waals surface area contributed by atoms with Crippen LogP contribution in [0, 0.1) is 0 Å². The van der Waals surface area contributed by atoms with Crippen LogP contribution in [0.15, 0.2) is 77.8 Å². The molecule has 1 atom stereocenters. The molecule has 0 bridgehead atoms. The number of para-hydroxylation sites is 1. The van der Waals surface area contributed by atoms with Crippen LogP contribution in [0.4, 0.5) is 11.4 Å². The van der Waals surface area contributed by atoms with Crippen molar-refractivity contribution in [2.75, 3.05) is 11.9 Å². The zero-order valence-corrected chi connectivity index (χ0v) is 16.8. The van der Waals surface area contributed by atoms with Crippen molar-refractivity contribution < 1.29 is 4.74 Å². The van der Waals surface area contributed by atoms with Crippen LogP contribution in [0.5, 0.6) is 5.75 Å². The summed E-state index contributed by atoms with van der Waals surface area (Å²) in [7, 11) is 2.10. The van der Waals surface area contributed by atoms with Gasteiger partial charge < -0.3 is 9.64 Å². The molecule has 4 aromatic rings. The Bertz CT molecular complexity index is 1340. The Kier molecular flexibility index (Phi) is 3.08. The summed E-state index contributed by atoms with van der Waals surface area (Å²) in [5, 5.41) is 4.65. The average Bonchev–Trinajstić information content (AvgIpc) is 2.93. The van der Waals surface area contributed by atoms with Crippen LogP contribution in [-0.4, -0.2) is 19.0 Å². The maximum absolute atomic E-state index is 6.99. The first-order valence-electron chi connectivity index (χ1n) is 10.1. The van der Waals surface area contributed by atoms with Gasteiger partial charge in [-0.05, 0) is 36.2 Å². The maximum Gasteiger partial charge on any atom is 0.228 e. The zero-order valence-electron chi connectivity index (χ0n) is 16.8. The second-order valence-corrected chi connectivity index (χ2v) is 8.53. The molecule has 2 aliphatic heterocycles. The molecule has 6 rings (SSSR count). The van der Waals surface area contributed by atoms with Crippen LogP contribution in [-0.2, 0) is 5.41 Å². The van der Waals surface area contributed by atoms with E-state index in [4.69, 9.17) is 9.73 Å². The minimum atomic E-state index is -0.672. The van der Waals surface area contributed by atoms with Gasteiger partial charge in [-0.1, -0.05) is 66.7 Å². The molecule has 0 aliphatic carbocycles. The van der Waals surface area contributed by atoms with Crippen molar-refractivity contribution in [3.63, 3.8) is 0 Å². The van der Waals surface area contributed by atoms with Gasteiger partial charge in [-0.3, -0.25) is 4.99 Å². The summed E-state index contributed by atoms with van der Waals surface area (Å²) >= 11 is 0. The van der Waals surface area contributed by atoms with E-state index in [-0.39, 0.29) is 5.41 Å². The minimum absolute atomic E-state index is 0.258. The SMILES string of the molecule is CN1c2ccccc2C(C)(C)[C@@]12C=Nc1c(c3ccccc3c3ccccc13)O2. The first-order valence-corrected chi connectivity index (χ1v) is 10.1. The van der Waals surface area contributed by atoms with Gasteiger partial charge in [0.05, 0.1) is 11.6 Å². The Labute approximate surface area is 170 Å². The van der Waals surface area contributed by atoms with Gasteiger partial charge in [0, 0.05) is 23.5 Å². The lowest BCUT2D eigenvalue weighted by Gasteiger charge is -2.45. The number of fused-ring (bicyclic) bond motifs is 7. The molecule has 0 N–H and O–H groups in total. The lowest BCUT2D eigenvalue weighted by Crippen LogP contribution is -2.61. The number of benzene rings is 4. The molecule has 0 amide bonds. The van der Waals surface area contributed by atoms with Crippen LogP contribution in [0.3, 0.4) is 0 Å². The molecule has 1 spiro atoms. The van der Waals surface area contributed by atoms with Gasteiger partial charge in [-0.15, -0.1) is 0 Å². The van der Waals surface area contributed by atoms with Crippen molar-refractivity contribution in [1.29, 1.82) is 0 Å². The Balaban J connectivity index is 1.67. The molecule has 3 nitrogen and oxygen atoms in total. The topological polar surface area (TPSA) is 24.8 Å². The van der Waals surface area contributed by atoms with Crippen molar-refractivity contribution in [3.8, 4) is 5.75 Å². The number of ether oxygens (including phenoxy) is 1. The molecular weight excluding hydrogens is 356 g/mol. The number of nitrogens with zero attached hydrogens (tertiary/aromatic N) is 2. The van der Waals surface area contributed by atoms with E-state index in [1.165, 1.54) is 22.0 Å². The summed E-state index contributed by atoms with van der Waals surface area (Å²) in [6, 6.07) is 25.5. The predicted molar refractivity (Wildman–Crippen MR) is 121 cm³/mol. The molecule has 2 aliphatic rings. The average molecular weight is 378 g/mol. The summed E-state index contributed by atoms with van der Waals surface area (Å²) in [6.45, 7) is 4.49. The van der Waals surface area contributed by atoms with Crippen molar-refractivity contribution in [1.82, 2.24) is 0 Å². The summed E-state index contributed by atoms with van der Waals surface area (Å²) < 4.78 is 6.99. The third kappa shape index (κ3) is 1.90. The molecule has 29 heavy (non-hydrogen) atoms. The number of rotatable bonds is 0. The van der Waals surface area contributed by atoms with Crippen molar-refractivity contribution >= 4 is 39.1 Å². The first-order chi connectivity index (χ1) is 14.0. The third-order valence-corrected chi connectivity index (χ3v) is 6.82. The van der Waals surface area contributed by atoms with E-state index in [2.05, 4.69) is 98.6 Å². The van der Waals surface area contributed by atoms with E-state index in [1.54, 1.807) is 0 Å². The highest BCUT2D eigenvalue weighted by Crippen LogP contribution is 2.55. The number of anilines is 1. The van der Waals surface area contributed by atoms with Gasteiger partial charge in [-0.2, -0.15) is 0 Å². The molecule has 0 unspecified atom stereocenters. The monoisotopic (exact) mass is 378 g/mol. The molecule has 0 radical (unpaired) electrons. The molecule has 0 saturated heterocycles. The largest absolute Gasteiger partial charge is 0.459 e. The molecule has 0 saturated carbocycles. The van der Waals surface area contributed by atoms with Gasteiger partial charge in [0.2, 0.25) is 5.72 Å². The Morgan fingerprint density at radius 2 is 1.34 bits per heavy atom. The van der Waals surface area contributed by atoms with Gasteiger partial charge in [-0.25, -0.2) is 0 Å². The lowest BCUT2D eigenvalue weighted by atomic mass is 9.77. The number of hydrogen-bond acceptors (Lipinski definition) is 3. The van der Waals surface area contributed by atoms with Crippen molar-refractivity contribution in [2.24, 2.45) is 4.99 Å². The van der Waals surface area contributed by atoms with Gasteiger partial charge >= 0.3 is 0 Å². The molecule has 142 valence electrons. The van der Waals surface area contributed by atoms with Crippen LogP contribution >= 0.6 is 0 Å². The minimum Gasteiger partial charge on any atom is -0.459 e. The Hall–Kier alpha value is -3.33. The fourth-order valence-corrected chi connectivity index (χ4v) is 5.19. The van der Waals surface area contributed by atoms with E-state index in [0.717, 1.165) is 22.2 Å². The molecule has 3 heteroatoms. The predicted octanol–water partition coefficient (Wildman–Crippen LogP) is 6.21. The number of aliphatic imine (C=N–C) groups is 1. The fraction of sp³-hybridized carbons (Fsp3) is 0.192. The van der Waals surface area contributed by atoms with Gasteiger partial charge in [0.15, 0.2) is 5.75 Å². The normalized spacial score (nSPS) is 21.4. The molecule has 0 aromatic heterocycles. The standard InChI is InChI=1S/C26H22N2O/c1-25(2)21-14-8-9-15-22(21)28(3)26(25)16-27-23-19-12-6-4-10-17(19)18-11-5-7-13-20(18)24(23)29-26/h4-16H,1-3H3/t26-/m0/s1. The second kappa shape index (κ2) is 5.38. The second-order valence-electron chi connectivity index (χ2n) is 8.53. The van der Waals surface area contributed by atoms with Crippen molar-refractivity contribution in [2.45, 2.75) is 25.0 Å². The summed E-state index contributed by atoms with van der Waals surface area (Å²) in [4.78, 5) is 7.28. The van der Waals surface area contributed by atoms with Crippen LogP contribution in [0.25, 0.3) is 21.5 Å². The van der Waals surface area contributed by atoms with E-state index in [9.17, 15) is 0 Å².